The molecule has 9 aromatic rings. The smallest absolute Gasteiger partial charge is 0.416 e. The van der Waals surface area contributed by atoms with Gasteiger partial charge in [-0.15, -0.1) is 12.4 Å². The number of aliphatic carboxylic acids is 2. The van der Waals surface area contributed by atoms with E-state index in [0.717, 1.165) is 79.4 Å². The summed E-state index contributed by atoms with van der Waals surface area (Å²) in [5.41, 5.74) is -13.0. The van der Waals surface area contributed by atoms with Crippen molar-refractivity contribution in [3.8, 4) is 34.5 Å². The van der Waals surface area contributed by atoms with Crippen LogP contribution in [0.15, 0.2) is 201 Å². The van der Waals surface area contributed by atoms with Crippen molar-refractivity contribution in [1.29, 1.82) is 0 Å². The number of rotatable bonds is 13. The Morgan fingerprint density at radius 1 is 0.443 bits per heavy atom. The topological polar surface area (TPSA) is 302 Å². The summed E-state index contributed by atoms with van der Waals surface area (Å²) in [6.07, 6.45) is -7.14. The second kappa shape index (κ2) is 32.9. The summed E-state index contributed by atoms with van der Waals surface area (Å²) in [5.74, 6) is -8.97. The number of alkyl halides is 9. The second-order valence-electron chi connectivity index (χ2n) is 28.9. The highest BCUT2D eigenvalue weighted by Crippen LogP contribution is 2.73. The van der Waals surface area contributed by atoms with Crippen molar-refractivity contribution >= 4 is 24.3 Å². The fraction of sp³-hybridized carbons (Fsp3) is 0.369. The molecule has 15 atom stereocenters. The van der Waals surface area contributed by atoms with Crippen molar-refractivity contribution in [2.75, 3.05) is 55.2 Å². The van der Waals surface area contributed by atoms with Crippen LogP contribution < -0.4 is 28.4 Å². The maximum absolute atomic E-state index is 13.4. The fourth-order valence-corrected chi connectivity index (χ4v) is 17.7. The number of hydrogen-bond acceptors (Lipinski definition) is 19. The molecule has 1 saturated heterocycles. The van der Waals surface area contributed by atoms with Crippen LogP contribution in [0.2, 0.25) is 0 Å². The van der Waals surface area contributed by atoms with E-state index in [1.54, 1.807) is 60.7 Å². The van der Waals surface area contributed by atoms with Crippen LogP contribution >= 0.6 is 12.4 Å². The van der Waals surface area contributed by atoms with E-state index in [1.807, 2.05) is 49.3 Å². The standard InChI is InChI=1S/C27H27F3N2O4.2C25H20F3NO6.C4H8O.C3H8.ClH/c1-32(2)15-19-22(16-7-5-4-6-8-16)26(17-9-11-18(12-10-17)27(28,29)30)25(34,24(19)33)23-20(35-3)13-31-14-21(23)36-26;2*1-34-16-11-29-12-17-20(16)23(33)21(30)18(22(31)32)19(13-5-3-2-4-6-13)24(23,35-17)14-7-9-15(10-8-14)25(26,27)28;1-2-4-5-3-1;1-3-2;/h4-14,19,22,24,33-34H,15H2,1-3H3;2*2-12,18-19,21,30,33H,1H3,(H,31,32);1-4H2;3H2,1-2H3;1H/t19-,22-,24-,25+,26+;2*18-,19-,21-,23+,24+;;;/m111.../s1. The van der Waals surface area contributed by atoms with Crippen LogP contribution in [0.3, 0.4) is 0 Å². The number of halogens is 10. The molecule has 0 radical (unpaired) electrons. The number of nitrogens with zero attached hydrogens (tertiary/aromatic N) is 4. The molecule has 16 rings (SSSR count). The van der Waals surface area contributed by atoms with Crippen molar-refractivity contribution in [2.24, 2.45) is 17.8 Å². The SMILES string of the molecule is C1CCOC1.CCC.COc1cncc2c1[C@]1(O)[C@H](O)[C@H](C(=O)O)[C@@H](c3ccccc3)[C@]1(c1ccc(C(F)(F)F)cc1)O2.COc1cncc2c1[C@]1(O)[C@H](O)[C@H](C(=O)O)[C@@H](c3ccccc3)[C@]1(c1ccc(C(F)(F)F)cc1)O2.COc1cncc2c1[C@]1(O)[C@H](O)[C@H](CN(C)C)[C@@H](c3ccccc3)[C@]1(c1ccc(C(F)(F)F)cc1)O2.Cl. The lowest BCUT2D eigenvalue weighted by molar-refractivity contribution is -0.160. The van der Waals surface area contributed by atoms with E-state index in [4.69, 9.17) is 33.2 Å². The van der Waals surface area contributed by atoms with Gasteiger partial charge in [0.15, 0.2) is 33.6 Å². The number of hydrogen-bond donors (Lipinski definition) is 8. The van der Waals surface area contributed by atoms with Crippen LogP contribution in [0.25, 0.3) is 0 Å². The highest BCUT2D eigenvalue weighted by molar-refractivity contribution is 5.85. The summed E-state index contributed by atoms with van der Waals surface area (Å²) in [6, 6.07) is 38.2. The van der Waals surface area contributed by atoms with Crippen molar-refractivity contribution in [3.63, 3.8) is 0 Å². The highest BCUT2D eigenvalue weighted by Gasteiger charge is 2.81. The van der Waals surface area contributed by atoms with E-state index < -0.39 is 135 Å². The van der Waals surface area contributed by atoms with Gasteiger partial charge in [0.1, 0.15) is 46.7 Å². The molecule has 612 valence electrons. The number of ether oxygens (including phenoxy) is 7. The molecule has 6 aromatic carbocycles. The Labute approximate surface area is 660 Å². The third-order valence-electron chi connectivity index (χ3n) is 22.1. The predicted octanol–water partition coefficient (Wildman–Crippen LogP) is 13.4. The summed E-state index contributed by atoms with van der Waals surface area (Å²) >= 11 is 0. The monoisotopic (exact) mass is 1630 g/mol. The lowest BCUT2D eigenvalue weighted by Gasteiger charge is -2.41. The molecule has 0 bridgehead atoms. The van der Waals surface area contributed by atoms with Crippen LogP contribution in [0, 0.1) is 17.8 Å². The Balaban J connectivity index is 0.000000161. The summed E-state index contributed by atoms with van der Waals surface area (Å²) in [7, 11) is 7.76. The van der Waals surface area contributed by atoms with Gasteiger partial charge in [-0.05, 0) is 96.7 Å². The maximum Gasteiger partial charge on any atom is 0.416 e. The van der Waals surface area contributed by atoms with Crippen molar-refractivity contribution < 1.29 is 123 Å². The largest absolute Gasteiger partial charge is 0.495 e. The van der Waals surface area contributed by atoms with Gasteiger partial charge in [0.25, 0.3) is 0 Å². The molecular formula is C84H84ClF9N4O17. The van der Waals surface area contributed by atoms with Gasteiger partial charge in [-0.2, -0.15) is 39.5 Å². The van der Waals surface area contributed by atoms with E-state index in [2.05, 4.69) is 28.8 Å². The number of carboxylic acid groups (broad SMARTS) is 2. The molecule has 7 heterocycles. The number of fused-ring (bicyclic) bond motifs is 9. The average Bonchev–Trinajstić information content (AvgIpc) is 1.51. The van der Waals surface area contributed by atoms with Gasteiger partial charge in [-0.1, -0.05) is 148 Å². The quantitative estimate of drug-likeness (QED) is 0.0497. The van der Waals surface area contributed by atoms with E-state index in [-0.39, 0.29) is 74.7 Å². The Morgan fingerprint density at radius 3 is 0.957 bits per heavy atom. The highest BCUT2D eigenvalue weighted by atomic mass is 35.5. The second-order valence-corrected chi connectivity index (χ2v) is 28.9. The first-order valence-electron chi connectivity index (χ1n) is 36.3. The van der Waals surface area contributed by atoms with Gasteiger partial charge in [0.2, 0.25) is 0 Å². The first-order chi connectivity index (χ1) is 54.1. The Bertz CT molecular complexity index is 4680. The minimum Gasteiger partial charge on any atom is -0.495 e. The number of carbonyl (C=O) groups is 2. The zero-order valence-corrected chi connectivity index (χ0v) is 63.7. The van der Waals surface area contributed by atoms with Gasteiger partial charge in [0, 0.05) is 43.4 Å². The zero-order chi connectivity index (χ0) is 82.5. The third kappa shape index (κ3) is 14.1. The van der Waals surface area contributed by atoms with Gasteiger partial charge in [-0.3, -0.25) is 24.5 Å². The van der Waals surface area contributed by atoms with E-state index in [1.165, 1.54) is 89.9 Å². The fourth-order valence-electron chi connectivity index (χ4n) is 17.7. The molecule has 8 N–H and O–H groups in total. The van der Waals surface area contributed by atoms with Gasteiger partial charge in [0.05, 0.1) is 110 Å². The van der Waals surface area contributed by atoms with Crippen LogP contribution in [0.1, 0.15) is 118 Å². The molecule has 4 aliphatic heterocycles. The predicted molar refractivity (Wildman–Crippen MR) is 398 cm³/mol. The average molecular weight is 1630 g/mol. The summed E-state index contributed by atoms with van der Waals surface area (Å²) < 4.78 is 160. The Morgan fingerprint density at radius 2 is 0.713 bits per heavy atom. The van der Waals surface area contributed by atoms with Gasteiger partial charge >= 0.3 is 30.5 Å². The van der Waals surface area contributed by atoms with E-state index >= 15 is 0 Å². The maximum atomic E-state index is 13.4. The minimum absolute atomic E-state index is 0. The Hall–Kier alpha value is -10.2. The van der Waals surface area contributed by atoms with Gasteiger partial charge < -0.3 is 78.9 Å². The lowest BCUT2D eigenvalue weighted by atomic mass is 9.70. The van der Waals surface area contributed by atoms with Crippen molar-refractivity contribution in [3.05, 3.63) is 268 Å². The molecule has 4 fully saturated rings. The number of methoxy groups -OCH3 is 3. The molecule has 3 saturated carbocycles. The molecule has 3 aliphatic carbocycles. The lowest BCUT2D eigenvalue weighted by Crippen LogP contribution is -2.52. The molecule has 7 aliphatic rings. The van der Waals surface area contributed by atoms with Gasteiger partial charge in [-0.25, -0.2) is 0 Å². The van der Waals surface area contributed by atoms with E-state index in [0.29, 0.717) is 23.2 Å². The Kier molecular flexibility index (Phi) is 24.5. The molecule has 3 aromatic heterocycles. The molecule has 0 spiro atoms. The summed E-state index contributed by atoms with van der Waals surface area (Å²) in [4.78, 5) is 39.1. The molecular weight excluding hydrogens is 1540 g/mol. The number of benzene rings is 6. The van der Waals surface area contributed by atoms with Crippen LogP contribution in [0.5, 0.6) is 34.5 Å². The normalized spacial score (nSPS) is 28.1. The minimum atomic E-state index is -4.61. The molecule has 21 nitrogen and oxygen atoms in total. The molecule has 31 heteroatoms. The van der Waals surface area contributed by atoms with Crippen molar-refractivity contribution in [2.45, 2.75) is 121 Å². The third-order valence-corrected chi connectivity index (χ3v) is 22.1. The number of aliphatic hydroxyl groups excluding tert-OH is 3. The zero-order valence-electron chi connectivity index (χ0n) is 62.8. The van der Waals surface area contributed by atoms with Crippen LogP contribution in [0.4, 0.5) is 39.5 Å². The first kappa shape index (κ1) is 85.7. The van der Waals surface area contributed by atoms with E-state index in [9.17, 15) is 90.0 Å². The number of aliphatic hydroxyl groups is 6. The van der Waals surface area contributed by atoms with Crippen LogP contribution in [-0.4, -0.2) is 146 Å². The number of aromatic nitrogens is 3. The summed E-state index contributed by atoms with van der Waals surface area (Å²) in [6.45, 7) is 6.64. The number of pyridine rings is 3. The molecule has 0 amide bonds. The molecule has 0 unspecified atom stereocenters. The molecule has 115 heavy (non-hydrogen) atoms. The number of carboxylic acids is 2. The van der Waals surface area contributed by atoms with Crippen molar-refractivity contribution in [1.82, 2.24) is 19.9 Å². The first-order valence-corrected chi connectivity index (χ1v) is 36.3. The van der Waals surface area contributed by atoms with Crippen LogP contribution in [-0.2, 0) is 66.5 Å². The summed E-state index contributed by atoms with van der Waals surface area (Å²) in [5, 5.41) is 92.2.